The maximum atomic E-state index is 12.5. The molecule has 1 aliphatic heterocycles. The number of methoxy groups -OCH3 is 1. The third-order valence-corrected chi connectivity index (χ3v) is 4.11. The molecule has 0 radical (unpaired) electrons. The minimum absolute atomic E-state index is 0.301. The summed E-state index contributed by atoms with van der Waals surface area (Å²) in [7, 11) is 1.58. The highest BCUT2D eigenvalue weighted by Crippen LogP contribution is 2.28. The lowest BCUT2D eigenvalue weighted by Gasteiger charge is -2.30. The van der Waals surface area contributed by atoms with Crippen LogP contribution in [0.25, 0.3) is 0 Å². The monoisotopic (exact) mass is 341 g/mol. The zero-order chi connectivity index (χ0) is 17.6. The predicted molar refractivity (Wildman–Crippen MR) is 99.8 cm³/mol. The zero-order valence-corrected chi connectivity index (χ0v) is 14.5. The van der Waals surface area contributed by atoms with Gasteiger partial charge in [-0.3, -0.25) is 0 Å². The lowest BCUT2D eigenvalue weighted by molar-refractivity contribution is 0.123. The summed E-state index contributed by atoms with van der Waals surface area (Å²) < 4.78 is 10.7. The van der Waals surface area contributed by atoms with Gasteiger partial charge in [0.2, 0.25) is 0 Å². The average Bonchev–Trinajstić information content (AvgIpc) is 2.63. The molecule has 2 amide bonds. The molecule has 1 heterocycles. The van der Waals surface area contributed by atoms with Crippen LogP contribution in [-0.4, -0.2) is 39.4 Å². The predicted octanol–water partition coefficient (Wildman–Crippen LogP) is 3.48. The van der Waals surface area contributed by atoms with Gasteiger partial charge >= 0.3 is 6.03 Å². The summed E-state index contributed by atoms with van der Waals surface area (Å²) in [5.74, 6) is 0.627. The third kappa shape index (κ3) is 4.22. The number of urea groups is 1. The smallest absolute Gasteiger partial charge is 0.323 e. The van der Waals surface area contributed by atoms with Gasteiger partial charge in [0.05, 0.1) is 37.4 Å². The summed E-state index contributed by atoms with van der Waals surface area (Å²) in [4.78, 5) is 14.7. The summed E-state index contributed by atoms with van der Waals surface area (Å²) >= 11 is 0. The van der Waals surface area contributed by atoms with Crippen LogP contribution in [0.4, 0.5) is 21.9 Å². The third-order valence-electron chi connectivity index (χ3n) is 4.11. The summed E-state index contributed by atoms with van der Waals surface area (Å²) in [5, 5.41) is 5.80. The van der Waals surface area contributed by atoms with Gasteiger partial charge in [-0.25, -0.2) is 4.79 Å². The SMILES string of the molecule is COc1ccc(C)cc1NC(=O)Nc1ccccc1N1CCOCC1. The number of carbonyl (C=O) groups excluding carboxylic acids is 1. The first-order valence-electron chi connectivity index (χ1n) is 8.32. The van der Waals surface area contributed by atoms with E-state index in [-0.39, 0.29) is 6.03 Å². The first-order chi connectivity index (χ1) is 12.2. The van der Waals surface area contributed by atoms with E-state index in [9.17, 15) is 4.79 Å². The maximum absolute atomic E-state index is 12.5. The van der Waals surface area contributed by atoms with Crippen molar-refractivity contribution < 1.29 is 14.3 Å². The van der Waals surface area contributed by atoms with Crippen molar-refractivity contribution in [2.24, 2.45) is 0 Å². The van der Waals surface area contributed by atoms with E-state index >= 15 is 0 Å². The van der Waals surface area contributed by atoms with Crippen LogP contribution in [-0.2, 0) is 4.74 Å². The van der Waals surface area contributed by atoms with Gasteiger partial charge < -0.3 is 25.0 Å². The summed E-state index contributed by atoms with van der Waals surface area (Å²) in [6.45, 7) is 4.98. The fourth-order valence-electron chi connectivity index (χ4n) is 2.85. The van der Waals surface area contributed by atoms with E-state index in [1.165, 1.54) is 0 Å². The fourth-order valence-corrected chi connectivity index (χ4v) is 2.85. The highest BCUT2D eigenvalue weighted by Gasteiger charge is 2.16. The van der Waals surface area contributed by atoms with Gasteiger partial charge in [0.1, 0.15) is 5.75 Å². The van der Waals surface area contributed by atoms with Gasteiger partial charge in [-0.1, -0.05) is 18.2 Å². The molecule has 2 N–H and O–H groups in total. The molecule has 2 aromatic rings. The molecule has 0 spiro atoms. The van der Waals surface area contributed by atoms with E-state index in [0.29, 0.717) is 24.7 Å². The summed E-state index contributed by atoms with van der Waals surface area (Å²) in [5.41, 5.74) is 3.46. The zero-order valence-electron chi connectivity index (χ0n) is 14.5. The number of aryl methyl sites for hydroxylation is 1. The highest BCUT2D eigenvalue weighted by molar-refractivity contribution is 6.02. The van der Waals surface area contributed by atoms with Gasteiger partial charge in [-0.05, 0) is 36.8 Å². The standard InChI is InChI=1S/C19H23N3O3/c1-14-7-8-18(24-2)16(13-14)21-19(23)20-15-5-3-4-6-17(15)22-9-11-25-12-10-22/h3-8,13H,9-12H2,1-2H3,(H2,20,21,23). The Hall–Kier alpha value is -2.73. The molecule has 0 atom stereocenters. The summed E-state index contributed by atoms with van der Waals surface area (Å²) in [6, 6.07) is 13.1. The van der Waals surface area contributed by atoms with Crippen LogP contribution in [0.5, 0.6) is 5.75 Å². The second-order valence-electron chi connectivity index (χ2n) is 5.90. The van der Waals surface area contributed by atoms with Crippen LogP contribution in [0.1, 0.15) is 5.56 Å². The molecule has 2 aromatic carbocycles. The molecular formula is C19H23N3O3. The van der Waals surface area contributed by atoms with Gasteiger partial charge in [-0.15, -0.1) is 0 Å². The van der Waals surface area contributed by atoms with Crippen LogP contribution in [0.15, 0.2) is 42.5 Å². The van der Waals surface area contributed by atoms with E-state index in [1.807, 2.05) is 49.4 Å². The molecule has 0 aliphatic carbocycles. The fraction of sp³-hybridized carbons (Fsp3) is 0.316. The molecule has 0 saturated carbocycles. The van der Waals surface area contributed by atoms with Crippen molar-refractivity contribution in [3.63, 3.8) is 0 Å². The van der Waals surface area contributed by atoms with Gasteiger partial charge in [0, 0.05) is 13.1 Å². The Bertz CT molecular complexity index is 742. The van der Waals surface area contributed by atoms with E-state index in [2.05, 4.69) is 15.5 Å². The number of carbonyl (C=O) groups is 1. The van der Waals surface area contributed by atoms with Crippen LogP contribution < -0.4 is 20.3 Å². The normalized spacial score (nSPS) is 14.1. The number of morpholine rings is 1. The molecular weight excluding hydrogens is 318 g/mol. The second kappa shape index (κ2) is 7.90. The second-order valence-corrected chi connectivity index (χ2v) is 5.90. The Morgan fingerprint density at radius 2 is 1.80 bits per heavy atom. The van der Waals surface area contributed by atoms with Crippen molar-refractivity contribution in [1.29, 1.82) is 0 Å². The largest absolute Gasteiger partial charge is 0.495 e. The first kappa shape index (κ1) is 17.1. The number of nitrogens with zero attached hydrogens (tertiary/aromatic N) is 1. The van der Waals surface area contributed by atoms with Gasteiger partial charge in [0.25, 0.3) is 0 Å². The number of ether oxygens (including phenoxy) is 2. The molecule has 0 bridgehead atoms. The lowest BCUT2D eigenvalue weighted by Crippen LogP contribution is -2.37. The van der Waals surface area contributed by atoms with E-state index in [0.717, 1.165) is 30.0 Å². The number of benzene rings is 2. The number of rotatable bonds is 4. The Morgan fingerprint density at radius 3 is 2.56 bits per heavy atom. The number of nitrogens with one attached hydrogen (secondary N) is 2. The molecule has 6 nitrogen and oxygen atoms in total. The van der Waals surface area contributed by atoms with Crippen molar-refractivity contribution in [2.45, 2.75) is 6.92 Å². The molecule has 3 rings (SSSR count). The van der Waals surface area contributed by atoms with Crippen LogP contribution >= 0.6 is 0 Å². The van der Waals surface area contributed by atoms with Crippen molar-refractivity contribution in [2.75, 3.05) is 48.9 Å². The minimum Gasteiger partial charge on any atom is -0.495 e. The Balaban J connectivity index is 1.74. The van der Waals surface area contributed by atoms with Crippen LogP contribution in [0, 0.1) is 6.92 Å². The first-order valence-corrected chi connectivity index (χ1v) is 8.32. The van der Waals surface area contributed by atoms with E-state index < -0.39 is 0 Å². The minimum atomic E-state index is -0.301. The molecule has 1 saturated heterocycles. The maximum Gasteiger partial charge on any atom is 0.323 e. The topological polar surface area (TPSA) is 62.8 Å². The number of hydrogen-bond donors (Lipinski definition) is 2. The molecule has 0 unspecified atom stereocenters. The summed E-state index contributed by atoms with van der Waals surface area (Å²) in [6.07, 6.45) is 0. The molecule has 0 aromatic heterocycles. The molecule has 25 heavy (non-hydrogen) atoms. The number of amides is 2. The number of para-hydroxylation sites is 2. The quantitative estimate of drug-likeness (QED) is 0.894. The average molecular weight is 341 g/mol. The molecule has 132 valence electrons. The van der Waals surface area contributed by atoms with Crippen LogP contribution in [0.3, 0.4) is 0 Å². The Labute approximate surface area is 147 Å². The van der Waals surface area contributed by atoms with Crippen molar-refractivity contribution >= 4 is 23.1 Å². The highest BCUT2D eigenvalue weighted by atomic mass is 16.5. The van der Waals surface area contributed by atoms with Crippen molar-refractivity contribution in [1.82, 2.24) is 0 Å². The van der Waals surface area contributed by atoms with Gasteiger partial charge in [0.15, 0.2) is 0 Å². The van der Waals surface area contributed by atoms with Crippen molar-refractivity contribution in [3.05, 3.63) is 48.0 Å². The van der Waals surface area contributed by atoms with Crippen LogP contribution in [0.2, 0.25) is 0 Å². The number of anilines is 3. The van der Waals surface area contributed by atoms with Gasteiger partial charge in [-0.2, -0.15) is 0 Å². The van der Waals surface area contributed by atoms with Crippen molar-refractivity contribution in [3.8, 4) is 5.75 Å². The number of hydrogen-bond acceptors (Lipinski definition) is 4. The Kier molecular flexibility index (Phi) is 5.40. The molecule has 6 heteroatoms. The Morgan fingerprint density at radius 1 is 1.08 bits per heavy atom. The molecule has 1 aliphatic rings. The lowest BCUT2D eigenvalue weighted by atomic mass is 10.2. The van der Waals surface area contributed by atoms with E-state index in [1.54, 1.807) is 7.11 Å². The van der Waals surface area contributed by atoms with E-state index in [4.69, 9.17) is 9.47 Å². The molecule has 1 fully saturated rings.